The average molecular weight is 304 g/mol. The fourth-order valence-electron chi connectivity index (χ4n) is 3.55. The van der Waals surface area contributed by atoms with Gasteiger partial charge in [0.1, 0.15) is 5.75 Å². The third-order valence-corrected chi connectivity index (χ3v) is 4.90. The predicted octanol–water partition coefficient (Wildman–Crippen LogP) is 1.73. The number of benzene rings is 1. The Morgan fingerprint density at radius 1 is 1.41 bits per heavy atom. The van der Waals surface area contributed by atoms with Crippen LogP contribution < -0.4 is 10.6 Å². The van der Waals surface area contributed by atoms with Gasteiger partial charge in [-0.3, -0.25) is 4.79 Å². The number of phenols is 1. The molecule has 1 aromatic rings. The van der Waals surface area contributed by atoms with Gasteiger partial charge in [-0.1, -0.05) is 12.1 Å². The summed E-state index contributed by atoms with van der Waals surface area (Å²) in [6.45, 7) is 4.40. The quantitative estimate of drug-likeness (QED) is 0.778. The van der Waals surface area contributed by atoms with Gasteiger partial charge in [-0.2, -0.15) is 0 Å². The molecule has 2 heterocycles. The fraction of sp³-hybridized carbons (Fsp3) is 0.588. The first-order valence-corrected chi connectivity index (χ1v) is 8.06. The molecule has 0 bridgehead atoms. The van der Waals surface area contributed by atoms with Crippen LogP contribution in [0.2, 0.25) is 0 Å². The van der Waals surface area contributed by atoms with Crippen molar-refractivity contribution in [1.29, 1.82) is 0 Å². The van der Waals surface area contributed by atoms with Crippen molar-refractivity contribution in [1.82, 2.24) is 10.6 Å². The molecule has 0 radical (unpaired) electrons. The van der Waals surface area contributed by atoms with Gasteiger partial charge in [0.15, 0.2) is 0 Å². The minimum Gasteiger partial charge on any atom is -0.507 e. The molecular formula is C17H24N2O3. The first-order valence-electron chi connectivity index (χ1n) is 8.06. The number of phenolic OH excluding ortho intramolecular Hbond substituents is 1. The molecule has 22 heavy (non-hydrogen) atoms. The second-order valence-electron chi connectivity index (χ2n) is 6.30. The summed E-state index contributed by atoms with van der Waals surface area (Å²) in [6.07, 6.45) is 3.72. The van der Waals surface area contributed by atoms with E-state index in [0.717, 1.165) is 45.4 Å². The number of aromatic hydroxyl groups is 1. The van der Waals surface area contributed by atoms with Crippen molar-refractivity contribution in [2.75, 3.05) is 19.7 Å². The highest BCUT2D eigenvalue weighted by atomic mass is 16.5. The number of piperidine rings is 1. The van der Waals surface area contributed by atoms with E-state index in [4.69, 9.17) is 4.74 Å². The molecule has 5 nitrogen and oxygen atoms in total. The van der Waals surface area contributed by atoms with Crippen molar-refractivity contribution in [3.05, 3.63) is 29.3 Å². The molecule has 0 aromatic heterocycles. The van der Waals surface area contributed by atoms with Crippen LogP contribution in [0.25, 0.3) is 0 Å². The number of aryl methyl sites for hydroxylation is 1. The number of nitrogens with one attached hydrogen (secondary N) is 2. The van der Waals surface area contributed by atoms with Crippen LogP contribution in [0.15, 0.2) is 18.2 Å². The van der Waals surface area contributed by atoms with Crippen molar-refractivity contribution in [3.63, 3.8) is 0 Å². The largest absolute Gasteiger partial charge is 0.507 e. The smallest absolute Gasteiger partial charge is 0.255 e. The van der Waals surface area contributed by atoms with Crippen LogP contribution in [-0.2, 0) is 4.74 Å². The summed E-state index contributed by atoms with van der Waals surface area (Å²) in [5.41, 5.74) is 0.803. The van der Waals surface area contributed by atoms with Gasteiger partial charge >= 0.3 is 0 Å². The Morgan fingerprint density at radius 2 is 2.18 bits per heavy atom. The highest BCUT2D eigenvalue weighted by Gasteiger charge is 2.43. The zero-order valence-electron chi connectivity index (χ0n) is 13.0. The molecular weight excluding hydrogens is 280 g/mol. The number of para-hydroxylation sites is 1. The molecule has 3 N–H and O–H groups in total. The summed E-state index contributed by atoms with van der Waals surface area (Å²) in [5.74, 6) is -0.148. The zero-order valence-corrected chi connectivity index (χ0v) is 13.0. The summed E-state index contributed by atoms with van der Waals surface area (Å²) < 4.78 is 6.09. The van der Waals surface area contributed by atoms with E-state index in [2.05, 4.69) is 10.6 Å². The molecule has 1 unspecified atom stereocenters. The van der Waals surface area contributed by atoms with Gasteiger partial charge in [0.25, 0.3) is 5.91 Å². The van der Waals surface area contributed by atoms with Gasteiger partial charge in [-0.25, -0.2) is 0 Å². The highest BCUT2D eigenvalue weighted by molar-refractivity contribution is 5.97. The second-order valence-corrected chi connectivity index (χ2v) is 6.30. The van der Waals surface area contributed by atoms with E-state index in [9.17, 15) is 9.90 Å². The third-order valence-electron chi connectivity index (χ3n) is 4.90. The van der Waals surface area contributed by atoms with Crippen molar-refractivity contribution >= 4 is 5.91 Å². The summed E-state index contributed by atoms with van der Waals surface area (Å²) in [7, 11) is 0. The van der Waals surface area contributed by atoms with Crippen LogP contribution in [0.4, 0.5) is 0 Å². The molecule has 1 aromatic carbocycles. The lowest BCUT2D eigenvalue weighted by atomic mass is 9.80. The first kappa shape index (κ1) is 15.3. The van der Waals surface area contributed by atoms with E-state index in [0.29, 0.717) is 11.1 Å². The number of hydrogen-bond donors (Lipinski definition) is 3. The average Bonchev–Trinajstić information content (AvgIpc) is 2.53. The molecule has 120 valence electrons. The maximum atomic E-state index is 12.6. The van der Waals surface area contributed by atoms with E-state index in [1.54, 1.807) is 25.1 Å². The van der Waals surface area contributed by atoms with Gasteiger partial charge in [0.05, 0.1) is 17.2 Å². The van der Waals surface area contributed by atoms with E-state index < -0.39 is 0 Å². The number of rotatable bonds is 2. The Balaban J connectivity index is 1.78. The van der Waals surface area contributed by atoms with Crippen LogP contribution in [-0.4, -0.2) is 42.4 Å². The number of ether oxygens (including phenoxy) is 1. The topological polar surface area (TPSA) is 70.6 Å². The molecule has 1 spiro atoms. The molecule has 0 aliphatic carbocycles. The van der Waals surface area contributed by atoms with Gasteiger partial charge in [-0.05, 0) is 57.3 Å². The lowest BCUT2D eigenvalue weighted by Crippen LogP contribution is -2.60. The maximum absolute atomic E-state index is 12.6. The van der Waals surface area contributed by atoms with Crippen LogP contribution >= 0.6 is 0 Å². The minimum absolute atomic E-state index is 0.00997. The minimum atomic E-state index is -0.251. The zero-order chi connectivity index (χ0) is 15.6. The first-order chi connectivity index (χ1) is 10.6. The van der Waals surface area contributed by atoms with Crippen molar-refractivity contribution in [2.24, 2.45) is 0 Å². The van der Waals surface area contributed by atoms with Crippen LogP contribution in [0.1, 0.15) is 41.6 Å². The van der Waals surface area contributed by atoms with Crippen LogP contribution in [0, 0.1) is 6.92 Å². The Bertz CT molecular complexity index is 545. The Labute approximate surface area is 131 Å². The standard InChI is InChI=1S/C17H24N2O3/c1-12-4-2-5-13(15(12)20)16(21)19-14-6-3-11-22-17(14)7-9-18-10-8-17/h2,4-5,14,18,20H,3,6-11H2,1H3,(H,19,21). The second kappa shape index (κ2) is 6.26. The third kappa shape index (κ3) is 2.83. The molecule has 2 aliphatic heterocycles. The molecule has 5 heteroatoms. The van der Waals surface area contributed by atoms with Gasteiger partial charge in [0, 0.05) is 6.61 Å². The highest BCUT2D eigenvalue weighted by Crippen LogP contribution is 2.34. The van der Waals surface area contributed by atoms with E-state index in [-0.39, 0.29) is 23.3 Å². The van der Waals surface area contributed by atoms with Gasteiger partial charge < -0.3 is 20.5 Å². The molecule has 3 rings (SSSR count). The van der Waals surface area contributed by atoms with E-state index in [1.165, 1.54) is 0 Å². The summed E-state index contributed by atoms with van der Waals surface area (Å²) in [6, 6.07) is 5.26. The Kier molecular flexibility index (Phi) is 4.36. The van der Waals surface area contributed by atoms with Crippen molar-refractivity contribution in [2.45, 2.75) is 44.2 Å². The molecule has 1 atom stereocenters. The SMILES string of the molecule is Cc1cccc(C(=O)NC2CCCOC23CCNCC3)c1O. The Hall–Kier alpha value is -1.59. The maximum Gasteiger partial charge on any atom is 0.255 e. The Morgan fingerprint density at radius 3 is 2.95 bits per heavy atom. The lowest BCUT2D eigenvalue weighted by molar-refractivity contribution is -0.114. The molecule has 0 saturated carbocycles. The molecule has 2 fully saturated rings. The van der Waals surface area contributed by atoms with E-state index >= 15 is 0 Å². The van der Waals surface area contributed by atoms with Crippen LogP contribution in [0.3, 0.4) is 0 Å². The number of carbonyl (C=O) groups is 1. The normalized spacial score (nSPS) is 24.1. The summed E-state index contributed by atoms with van der Waals surface area (Å²) in [5, 5.41) is 16.6. The lowest BCUT2D eigenvalue weighted by Gasteiger charge is -2.46. The predicted molar refractivity (Wildman–Crippen MR) is 84.1 cm³/mol. The monoisotopic (exact) mass is 304 g/mol. The van der Waals surface area contributed by atoms with Gasteiger partial charge in [-0.15, -0.1) is 0 Å². The molecule has 2 aliphatic rings. The summed E-state index contributed by atoms with van der Waals surface area (Å²) >= 11 is 0. The van der Waals surface area contributed by atoms with Crippen LogP contribution in [0.5, 0.6) is 5.75 Å². The van der Waals surface area contributed by atoms with Gasteiger partial charge in [0.2, 0.25) is 0 Å². The number of hydrogen-bond acceptors (Lipinski definition) is 4. The fourth-order valence-corrected chi connectivity index (χ4v) is 3.55. The van der Waals surface area contributed by atoms with Crippen molar-refractivity contribution < 1.29 is 14.6 Å². The molecule has 2 saturated heterocycles. The summed E-state index contributed by atoms with van der Waals surface area (Å²) in [4.78, 5) is 12.6. The van der Waals surface area contributed by atoms with Crippen molar-refractivity contribution in [3.8, 4) is 5.75 Å². The number of carbonyl (C=O) groups excluding carboxylic acids is 1. The number of amides is 1. The molecule has 1 amide bonds. The van der Waals surface area contributed by atoms with E-state index in [1.807, 2.05) is 0 Å².